The van der Waals surface area contributed by atoms with Crippen molar-refractivity contribution < 1.29 is 4.79 Å². The van der Waals surface area contributed by atoms with Crippen LogP contribution < -0.4 is 4.90 Å². The lowest BCUT2D eigenvalue weighted by atomic mass is 10.2. The van der Waals surface area contributed by atoms with Gasteiger partial charge in [-0.05, 0) is 36.6 Å². The minimum absolute atomic E-state index is 0.0387. The number of rotatable bonds is 5. The van der Waals surface area contributed by atoms with E-state index in [0.717, 1.165) is 41.8 Å². The van der Waals surface area contributed by atoms with Gasteiger partial charge in [0.1, 0.15) is 5.01 Å². The zero-order valence-corrected chi connectivity index (χ0v) is 15.7. The van der Waals surface area contributed by atoms with Crippen LogP contribution in [0, 0.1) is 0 Å². The van der Waals surface area contributed by atoms with Crippen LogP contribution in [0.15, 0.2) is 60.9 Å². The van der Waals surface area contributed by atoms with Crippen LogP contribution >= 0.6 is 11.3 Å². The van der Waals surface area contributed by atoms with Gasteiger partial charge in [-0.1, -0.05) is 54.5 Å². The van der Waals surface area contributed by atoms with Gasteiger partial charge in [-0.25, -0.2) is 0 Å². The molecule has 1 fully saturated rings. The van der Waals surface area contributed by atoms with Gasteiger partial charge in [0.05, 0.1) is 0 Å². The van der Waals surface area contributed by atoms with Gasteiger partial charge in [-0.3, -0.25) is 14.7 Å². The molecule has 4 rings (SSSR count). The molecule has 0 radical (unpaired) electrons. The first-order chi connectivity index (χ1) is 13.3. The summed E-state index contributed by atoms with van der Waals surface area (Å²) in [4.78, 5) is 18.9. The number of carbonyl (C=O) groups is 1. The topological polar surface area (TPSA) is 59.0 Å². The molecule has 27 heavy (non-hydrogen) atoms. The highest BCUT2D eigenvalue weighted by atomic mass is 32.1. The highest BCUT2D eigenvalue weighted by Gasteiger charge is 2.29. The van der Waals surface area contributed by atoms with Crippen molar-refractivity contribution in [3.63, 3.8) is 0 Å². The second kappa shape index (κ2) is 8.22. The number of hydrogen-bond acceptors (Lipinski definition) is 5. The molecule has 6 heteroatoms. The number of amides is 1. The van der Waals surface area contributed by atoms with Crippen molar-refractivity contribution in [1.29, 1.82) is 0 Å². The highest BCUT2D eigenvalue weighted by molar-refractivity contribution is 7.18. The van der Waals surface area contributed by atoms with Crippen LogP contribution in [0.3, 0.4) is 0 Å². The summed E-state index contributed by atoms with van der Waals surface area (Å²) >= 11 is 1.45. The summed E-state index contributed by atoms with van der Waals surface area (Å²) in [5.74, 6) is -0.0387. The first kappa shape index (κ1) is 17.5. The molecular formula is C21H20N4OS. The van der Waals surface area contributed by atoms with Crippen molar-refractivity contribution >= 4 is 28.5 Å². The fourth-order valence-electron chi connectivity index (χ4n) is 3.33. The van der Waals surface area contributed by atoms with E-state index in [1.165, 1.54) is 11.3 Å². The van der Waals surface area contributed by atoms with Crippen molar-refractivity contribution in [2.75, 3.05) is 4.90 Å². The van der Waals surface area contributed by atoms with Crippen molar-refractivity contribution in [3.8, 4) is 10.6 Å². The number of anilines is 1. The largest absolute Gasteiger partial charge is 0.280 e. The molecule has 2 aromatic heterocycles. The van der Waals surface area contributed by atoms with Crippen LogP contribution in [0.2, 0.25) is 0 Å². The van der Waals surface area contributed by atoms with Crippen molar-refractivity contribution in [1.82, 2.24) is 15.2 Å². The Morgan fingerprint density at radius 3 is 2.52 bits per heavy atom. The molecule has 0 atom stereocenters. The summed E-state index contributed by atoms with van der Waals surface area (Å²) in [6.07, 6.45) is 11.3. The van der Waals surface area contributed by atoms with Crippen molar-refractivity contribution in [3.05, 3.63) is 66.5 Å². The molecular weight excluding hydrogens is 356 g/mol. The predicted octanol–water partition coefficient (Wildman–Crippen LogP) is 4.59. The second-order valence-electron chi connectivity index (χ2n) is 6.52. The first-order valence-electron chi connectivity index (χ1n) is 9.11. The number of hydrogen-bond donors (Lipinski definition) is 0. The molecule has 0 saturated heterocycles. The lowest BCUT2D eigenvalue weighted by Crippen LogP contribution is -2.37. The normalized spacial score (nSPS) is 14.7. The molecule has 1 saturated carbocycles. The molecule has 136 valence electrons. The molecule has 0 N–H and O–H groups in total. The first-order valence-corrected chi connectivity index (χ1v) is 9.93. The Hall–Kier alpha value is -2.86. The molecule has 0 bridgehead atoms. The fraction of sp³-hybridized carbons (Fsp3) is 0.238. The molecule has 1 aliphatic carbocycles. The molecule has 0 spiro atoms. The number of aromatic nitrogens is 3. The zero-order chi connectivity index (χ0) is 18.5. The highest BCUT2D eigenvalue weighted by Crippen LogP contribution is 2.33. The molecule has 1 aliphatic rings. The van der Waals surface area contributed by atoms with Gasteiger partial charge in [0, 0.05) is 30.1 Å². The van der Waals surface area contributed by atoms with E-state index < -0.39 is 0 Å². The summed E-state index contributed by atoms with van der Waals surface area (Å²) in [5, 5.41) is 10.1. The summed E-state index contributed by atoms with van der Waals surface area (Å²) in [7, 11) is 0. The van der Waals surface area contributed by atoms with E-state index in [4.69, 9.17) is 0 Å². The number of nitrogens with zero attached hydrogens (tertiary/aromatic N) is 4. The van der Waals surface area contributed by atoms with Crippen molar-refractivity contribution in [2.45, 2.75) is 31.7 Å². The standard InChI is InChI=1S/C21H20N4OS/c26-19(11-10-16-6-2-1-3-7-16)25(18-8-4-5-9-18)21-24-23-20(27-21)17-12-14-22-15-13-17/h1-3,6-7,10-15,18H,4-5,8-9H2. The van der Waals surface area contributed by atoms with E-state index in [1.54, 1.807) is 18.5 Å². The Bertz CT molecular complexity index is 918. The Kier molecular flexibility index (Phi) is 5.34. The van der Waals surface area contributed by atoms with Gasteiger partial charge < -0.3 is 0 Å². The maximum absolute atomic E-state index is 13.0. The molecule has 2 heterocycles. The summed E-state index contributed by atoms with van der Waals surface area (Å²) in [6.45, 7) is 0. The molecule has 1 amide bonds. The zero-order valence-electron chi connectivity index (χ0n) is 14.9. The van der Waals surface area contributed by atoms with Crippen LogP contribution in [0.4, 0.5) is 5.13 Å². The van der Waals surface area contributed by atoms with Gasteiger partial charge in [0.25, 0.3) is 5.91 Å². The van der Waals surface area contributed by atoms with E-state index in [2.05, 4.69) is 15.2 Å². The Labute approximate surface area is 162 Å². The SMILES string of the molecule is O=C(C=Cc1ccccc1)N(c1nnc(-c2ccncc2)s1)C1CCCC1. The average molecular weight is 376 g/mol. The number of benzene rings is 1. The minimum atomic E-state index is -0.0387. The van der Waals surface area contributed by atoms with E-state index in [-0.39, 0.29) is 11.9 Å². The molecule has 5 nitrogen and oxygen atoms in total. The third-order valence-electron chi connectivity index (χ3n) is 4.69. The van der Waals surface area contributed by atoms with Crippen LogP contribution in [-0.4, -0.2) is 27.1 Å². The third kappa shape index (κ3) is 4.11. The van der Waals surface area contributed by atoms with Crippen LogP contribution in [0.5, 0.6) is 0 Å². The van der Waals surface area contributed by atoms with Gasteiger partial charge >= 0.3 is 0 Å². The van der Waals surface area contributed by atoms with E-state index in [9.17, 15) is 4.79 Å². The van der Waals surface area contributed by atoms with Gasteiger partial charge in [0.2, 0.25) is 5.13 Å². The van der Waals surface area contributed by atoms with E-state index in [0.29, 0.717) is 5.13 Å². The van der Waals surface area contributed by atoms with Crippen LogP contribution in [-0.2, 0) is 4.79 Å². The monoisotopic (exact) mass is 376 g/mol. The Balaban J connectivity index is 1.61. The van der Waals surface area contributed by atoms with Gasteiger partial charge in [-0.15, -0.1) is 10.2 Å². The van der Waals surface area contributed by atoms with Gasteiger partial charge in [0.15, 0.2) is 0 Å². The smallest absolute Gasteiger partial charge is 0.253 e. The molecule has 0 unspecified atom stereocenters. The van der Waals surface area contributed by atoms with Gasteiger partial charge in [-0.2, -0.15) is 0 Å². The molecule has 3 aromatic rings. The molecule has 1 aromatic carbocycles. The maximum atomic E-state index is 13.0. The quantitative estimate of drug-likeness (QED) is 0.611. The van der Waals surface area contributed by atoms with E-state index in [1.807, 2.05) is 53.4 Å². The van der Waals surface area contributed by atoms with Crippen LogP contribution in [0.1, 0.15) is 31.2 Å². The average Bonchev–Trinajstić information content (AvgIpc) is 3.41. The fourth-order valence-corrected chi connectivity index (χ4v) is 4.26. The predicted molar refractivity (Wildman–Crippen MR) is 108 cm³/mol. The van der Waals surface area contributed by atoms with E-state index >= 15 is 0 Å². The number of pyridine rings is 1. The minimum Gasteiger partial charge on any atom is -0.280 e. The summed E-state index contributed by atoms with van der Waals surface area (Å²) in [5.41, 5.74) is 1.97. The Morgan fingerprint density at radius 1 is 1.04 bits per heavy atom. The maximum Gasteiger partial charge on any atom is 0.253 e. The summed E-state index contributed by atoms with van der Waals surface area (Å²) < 4.78 is 0. The third-order valence-corrected chi connectivity index (χ3v) is 5.66. The number of carbonyl (C=O) groups excluding carboxylic acids is 1. The Morgan fingerprint density at radius 2 is 1.78 bits per heavy atom. The lowest BCUT2D eigenvalue weighted by Gasteiger charge is -2.24. The van der Waals surface area contributed by atoms with Crippen molar-refractivity contribution in [2.24, 2.45) is 0 Å². The lowest BCUT2D eigenvalue weighted by molar-refractivity contribution is -0.114. The van der Waals surface area contributed by atoms with Crippen LogP contribution in [0.25, 0.3) is 16.6 Å². The molecule has 0 aliphatic heterocycles. The second-order valence-corrected chi connectivity index (χ2v) is 7.47. The summed E-state index contributed by atoms with van der Waals surface area (Å²) in [6, 6.07) is 13.9.